The molecule has 9 nitrogen and oxygen atoms in total. The van der Waals surface area contributed by atoms with Crippen molar-refractivity contribution >= 4 is 29.1 Å². The van der Waals surface area contributed by atoms with Gasteiger partial charge in [0.2, 0.25) is 5.91 Å². The van der Waals surface area contributed by atoms with Crippen LogP contribution in [0.5, 0.6) is 11.5 Å². The number of primary amides is 1. The van der Waals surface area contributed by atoms with Crippen LogP contribution in [0.15, 0.2) is 42.7 Å². The molecular formula is C33H33ClFN5O4. The third-order valence-corrected chi connectivity index (χ3v) is 9.73. The van der Waals surface area contributed by atoms with Gasteiger partial charge in [0, 0.05) is 47.6 Å². The Morgan fingerprint density at radius 3 is 2.66 bits per heavy atom. The largest absolute Gasteiger partial charge is 0.493 e. The zero-order valence-electron chi connectivity index (χ0n) is 24.5. The van der Waals surface area contributed by atoms with Gasteiger partial charge >= 0.3 is 0 Å². The molecule has 228 valence electrons. The number of carbonyl (C=O) groups is 2. The minimum Gasteiger partial charge on any atom is -0.493 e. The molecule has 2 amide bonds. The summed E-state index contributed by atoms with van der Waals surface area (Å²) in [6, 6.07) is 8.04. The molecule has 11 heteroatoms. The molecule has 4 heterocycles. The van der Waals surface area contributed by atoms with Crippen LogP contribution in [0, 0.1) is 11.7 Å². The molecule has 3 aliphatic rings. The van der Waals surface area contributed by atoms with Crippen molar-refractivity contribution in [2.24, 2.45) is 11.7 Å². The number of methoxy groups -OCH3 is 1. The lowest BCUT2D eigenvalue weighted by Gasteiger charge is -2.34. The average molecular weight is 618 g/mol. The normalized spacial score (nSPS) is 20.1. The number of nitrogens with zero attached hydrogens (tertiary/aromatic N) is 3. The fourth-order valence-corrected chi connectivity index (χ4v) is 6.35. The van der Waals surface area contributed by atoms with E-state index in [9.17, 15) is 14.0 Å². The van der Waals surface area contributed by atoms with Gasteiger partial charge in [-0.25, -0.2) is 14.4 Å². The van der Waals surface area contributed by atoms with Gasteiger partial charge in [-0.2, -0.15) is 0 Å². The van der Waals surface area contributed by atoms with Crippen molar-refractivity contribution in [2.45, 2.75) is 56.3 Å². The summed E-state index contributed by atoms with van der Waals surface area (Å²) in [5.74, 6) is 0.155. The van der Waals surface area contributed by atoms with Crippen molar-refractivity contribution in [1.82, 2.24) is 19.7 Å². The van der Waals surface area contributed by atoms with Crippen LogP contribution in [-0.2, 0) is 10.2 Å². The topological polar surface area (TPSA) is 121 Å². The van der Waals surface area contributed by atoms with Gasteiger partial charge in [0.25, 0.3) is 5.91 Å². The quantitative estimate of drug-likeness (QED) is 0.255. The smallest absolute Gasteiger partial charge is 0.252 e. The van der Waals surface area contributed by atoms with Gasteiger partial charge in [-0.1, -0.05) is 24.1 Å². The SMILES string of the molecule is COc1cc(C(=O)NC[C@H](c2cc3c(c(-c4ccc(Cl)c(F)c4)n2)OC[C@]3(C)C(N)=O)C2CCC2)cn2cc(C3CC3)nc12. The van der Waals surface area contributed by atoms with Crippen LogP contribution >= 0.6 is 11.6 Å². The van der Waals surface area contributed by atoms with Crippen LogP contribution in [0.25, 0.3) is 16.9 Å². The predicted molar refractivity (Wildman–Crippen MR) is 163 cm³/mol. The molecule has 0 bridgehead atoms. The lowest BCUT2D eigenvalue weighted by molar-refractivity contribution is -0.123. The number of nitrogens with one attached hydrogen (secondary N) is 1. The molecular weight excluding hydrogens is 585 g/mol. The molecule has 2 aliphatic carbocycles. The predicted octanol–water partition coefficient (Wildman–Crippen LogP) is 5.52. The number of hydrogen-bond donors (Lipinski definition) is 2. The lowest BCUT2D eigenvalue weighted by Crippen LogP contribution is -2.40. The van der Waals surface area contributed by atoms with E-state index < -0.39 is 17.1 Å². The Bertz CT molecular complexity index is 1820. The Hall–Kier alpha value is -4.18. The number of ether oxygens (including phenoxy) is 2. The van der Waals surface area contributed by atoms with Crippen LogP contribution in [0.3, 0.4) is 0 Å². The third kappa shape index (κ3) is 4.85. The molecule has 2 atom stereocenters. The van der Waals surface area contributed by atoms with Gasteiger partial charge in [0.15, 0.2) is 11.4 Å². The van der Waals surface area contributed by atoms with E-state index >= 15 is 0 Å². The highest BCUT2D eigenvalue weighted by molar-refractivity contribution is 6.30. The van der Waals surface area contributed by atoms with Crippen molar-refractivity contribution in [3.63, 3.8) is 0 Å². The van der Waals surface area contributed by atoms with Crippen molar-refractivity contribution < 1.29 is 23.5 Å². The molecule has 0 saturated heterocycles. The van der Waals surface area contributed by atoms with Gasteiger partial charge in [-0.05, 0) is 62.8 Å². The summed E-state index contributed by atoms with van der Waals surface area (Å²) in [6.07, 6.45) is 9.03. The molecule has 0 unspecified atom stereocenters. The highest BCUT2D eigenvalue weighted by Crippen LogP contribution is 2.47. The average Bonchev–Trinajstić information content (AvgIpc) is 3.66. The Morgan fingerprint density at radius 1 is 1.20 bits per heavy atom. The number of halogens is 2. The Balaban J connectivity index is 1.24. The fraction of sp³-hybridized carbons (Fsp3) is 0.394. The number of imidazole rings is 1. The van der Waals surface area contributed by atoms with E-state index in [1.54, 1.807) is 32.4 Å². The van der Waals surface area contributed by atoms with E-state index in [-0.39, 0.29) is 29.4 Å². The van der Waals surface area contributed by atoms with Gasteiger partial charge < -0.3 is 24.9 Å². The van der Waals surface area contributed by atoms with Crippen LogP contribution in [-0.4, -0.2) is 46.4 Å². The van der Waals surface area contributed by atoms with Crippen LogP contribution in [0.4, 0.5) is 4.39 Å². The zero-order valence-corrected chi connectivity index (χ0v) is 25.3. The second-order valence-electron chi connectivity index (χ2n) is 12.4. The number of fused-ring (bicyclic) bond motifs is 2. The molecule has 0 radical (unpaired) electrons. The highest BCUT2D eigenvalue weighted by Gasteiger charge is 2.45. The second kappa shape index (κ2) is 10.8. The van der Waals surface area contributed by atoms with Crippen molar-refractivity contribution in [1.29, 1.82) is 0 Å². The van der Waals surface area contributed by atoms with Gasteiger partial charge in [-0.3, -0.25) is 9.59 Å². The van der Waals surface area contributed by atoms with E-state index in [4.69, 9.17) is 36.8 Å². The first-order valence-electron chi connectivity index (χ1n) is 14.9. The number of nitrogens with two attached hydrogens (primary N) is 1. The Morgan fingerprint density at radius 2 is 2.00 bits per heavy atom. The number of carbonyl (C=O) groups excluding carboxylic acids is 2. The molecule has 1 aromatic carbocycles. The van der Waals surface area contributed by atoms with E-state index in [1.807, 2.05) is 16.7 Å². The fourth-order valence-electron chi connectivity index (χ4n) is 6.23. The minimum absolute atomic E-state index is 0.00576. The van der Waals surface area contributed by atoms with E-state index in [0.717, 1.165) is 37.8 Å². The summed E-state index contributed by atoms with van der Waals surface area (Å²) in [5.41, 5.74) is 9.11. The number of hydrogen-bond acceptors (Lipinski definition) is 6. The van der Waals surface area contributed by atoms with Crippen LogP contribution < -0.4 is 20.5 Å². The summed E-state index contributed by atoms with van der Waals surface area (Å²) in [7, 11) is 1.57. The molecule has 0 spiro atoms. The minimum atomic E-state index is -1.09. The molecule has 2 fully saturated rings. The van der Waals surface area contributed by atoms with Crippen LogP contribution in [0.1, 0.15) is 78.2 Å². The van der Waals surface area contributed by atoms with Crippen LogP contribution in [0.2, 0.25) is 5.02 Å². The van der Waals surface area contributed by atoms with Gasteiger partial charge in [0.1, 0.15) is 29.3 Å². The number of pyridine rings is 2. The van der Waals surface area contributed by atoms with Crippen molar-refractivity contribution in [3.05, 3.63) is 76.1 Å². The summed E-state index contributed by atoms with van der Waals surface area (Å²) in [6.45, 7) is 2.11. The summed E-state index contributed by atoms with van der Waals surface area (Å²) >= 11 is 5.97. The number of rotatable bonds is 9. The number of benzene rings is 1. The Labute approximate surface area is 258 Å². The van der Waals surface area contributed by atoms with Crippen molar-refractivity contribution in [2.75, 3.05) is 20.3 Å². The maximum absolute atomic E-state index is 14.6. The monoisotopic (exact) mass is 617 g/mol. The van der Waals surface area contributed by atoms with E-state index in [2.05, 4.69) is 5.32 Å². The summed E-state index contributed by atoms with van der Waals surface area (Å²) in [5, 5.41) is 3.12. The second-order valence-corrected chi connectivity index (χ2v) is 12.8. The molecule has 3 aromatic heterocycles. The standard InChI is InChI=1S/C33H33ClFN5O4/c1-33(32(36)42)16-44-29-22(33)12-25(38-28(29)19-8-9-23(34)24(35)10-19)21(17-4-3-5-17)13-37-31(41)20-11-27(43-2)30-39-26(18-6-7-18)15-40(30)14-20/h8-12,14-15,17-18,21H,3-7,13,16H2,1-2H3,(H2,36,42)(H,37,41)/t21-,33-/m0/s1. The molecule has 4 aromatic rings. The summed E-state index contributed by atoms with van der Waals surface area (Å²) in [4.78, 5) is 35.9. The Kier molecular flexibility index (Phi) is 6.99. The lowest BCUT2D eigenvalue weighted by atomic mass is 9.73. The first-order chi connectivity index (χ1) is 21.2. The molecule has 3 N–H and O–H groups in total. The van der Waals surface area contributed by atoms with E-state index in [1.165, 1.54) is 12.1 Å². The van der Waals surface area contributed by atoms with Gasteiger partial charge in [0.05, 0.1) is 23.4 Å². The summed E-state index contributed by atoms with van der Waals surface area (Å²) < 4.78 is 28.0. The van der Waals surface area contributed by atoms with Crippen molar-refractivity contribution in [3.8, 4) is 22.8 Å². The first-order valence-corrected chi connectivity index (χ1v) is 15.3. The highest BCUT2D eigenvalue weighted by atomic mass is 35.5. The van der Waals surface area contributed by atoms with E-state index in [0.29, 0.717) is 57.7 Å². The number of aromatic nitrogens is 3. The third-order valence-electron chi connectivity index (χ3n) is 9.42. The van der Waals surface area contributed by atoms with Gasteiger partial charge in [-0.15, -0.1) is 0 Å². The molecule has 44 heavy (non-hydrogen) atoms. The maximum atomic E-state index is 14.6. The first kappa shape index (κ1) is 28.6. The molecule has 2 saturated carbocycles. The zero-order chi connectivity index (χ0) is 30.7. The number of amides is 2. The maximum Gasteiger partial charge on any atom is 0.252 e. The molecule has 7 rings (SSSR count). The molecule has 1 aliphatic heterocycles.